The summed E-state index contributed by atoms with van der Waals surface area (Å²) in [6, 6.07) is 0. The van der Waals surface area contributed by atoms with Gasteiger partial charge in [-0.1, -0.05) is 13.3 Å². The first-order valence-electron chi connectivity index (χ1n) is 4.85. The minimum absolute atomic E-state index is 0.118. The van der Waals surface area contributed by atoms with Crippen LogP contribution in [0.15, 0.2) is 5.70 Å². The molecule has 0 aromatic heterocycles. The van der Waals surface area contributed by atoms with Gasteiger partial charge < -0.3 is 10.4 Å². The van der Waals surface area contributed by atoms with E-state index in [2.05, 4.69) is 12.2 Å². The quantitative estimate of drug-likeness (QED) is 0.633. The first kappa shape index (κ1) is 12.9. The topological polar surface area (TPSA) is 66.4 Å². The molecule has 0 saturated carbocycles. The number of unbranched alkanes of at least 4 members (excludes halogenated alkanes) is 1. The van der Waals surface area contributed by atoms with E-state index in [1.54, 1.807) is 5.94 Å². The Bertz CT molecular complexity index is 217. The van der Waals surface area contributed by atoms with Gasteiger partial charge in [-0.15, -0.1) is 0 Å². The number of allylic oxidation sites excluding steroid dienone is 1. The molecule has 2 N–H and O–H groups in total. The van der Waals surface area contributed by atoms with Crippen LogP contribution < -0.4 is 5.32 Å². The van der Waals surface area contributed by atoms with Crippen LogP contribution in [0.4, 0.5) is 0 Å². The molecule has 0 amide bonds. The molecule has 0 aliphatic carbocycles. The van der Waals surface area contributed by atoms with E-state index in [0.717, 1.165) is 12.8 Å². The maximum Gasteiger partial charge on any atom is 0.146 e. The second-order valence-corrected chi connectivity index (χ2v) is 3.05. The molecule has 1 rings (SSSR count). The van der Waals surface area contributed by atoms with Gasteiger partial charge in [0.2, 0.25) is 0 Å². The molecule has 1 saturated heterocycles. The second-order valence-electron chi connectivity index (χ2n) is 3.05. The number of aliphatic hydroxyl groups is 1. The minimum atomic E-state index is 0.118. The average molecular weight is 199 g/mol. The number of nitrogens with one attached hydrogen (secondary N) is 1. The lowest BCUT2D eigenvalue weighted by atomic mass is 10.1. The summed E-state index contributed by atoms with van der Waals surface area (Å²) < 4.78 is 0. The lowest BCUT2D eigenvalue weighted by Crippen LogP contribution is -2.26. The first-order chi connectivity index (χ1) is 6.74. The van der Waals surface area contributed by atoms with Gasteiger partial charge in [0.15, 0.2) is 0 Å². The van der Waals surface area contributed by atoms with Crippen molar-refractivity contribution in [3.63, 3.8) is 0 Å². The van der Waals surface area contributed by atoms with Crippen LogP contribution >= 0.6 is 0 Å². The highest BCUT2D eigenvalue weighted by atomic mass is 16.2. The minimum Gasteiger partial charge on any atom is -0.396 e. The van der Waals surface area contributed by atoms with Gasteiger partial charge in [0.05, 0.1) is 6.42 Å². The molecule has 80 valence electrons. The van der Waals surface area contributed by atoms with Crippen molar-refractivity contribution in [3.8, 4) is 0 Å². The molecule has 14 heavy (non-hydrogen) atoms. The number of piperidine rings is 1. The van der Waals surface area contributed by atoms with Crippen LogP contribution in [0.25, 0.3) is 0 Å². The predicted molar refractivity (Wildman–Crippen MR) is 53.4 cm³/mol. The molecule has 0 aromatic rings. The van der Waals surface area contributed by atoms with Crippen LogP contribution in [-0.4, -0.2) is 30.0 Å². The van der Waals surface area contributed by atoms with Crippen molar-refractivity contribution in [1.29, 1.82) is 0 Å². The van der Waals surface area contributed by atoms with Gasteiger partial charge in [-0.3, -0.25) is 4.79 Å². The molecular formula is C10H17NO3. The maximum absolute atomic E-state index is 10.6. The van der Waals surface area contributed by atoms with Crippen LogP contribution in [0.3, 0.4) is 0 Å². The summed E-state index contributed by atoms with van der Waals surface area (Å²) in [6.45, 7) is 2.98. The van der Waals surface area contributed by atoms with E-state index in [9.17, 15) is 9.59 Å². The Balaban J connectivity index is 0.000000292. The average Bonchev–Trinajstić information content (AvgIpc) is 2.20. The van der Waals surface area contributed by atoms with E-state index >= 15 is 0 Å². The van der Waals surface area contributed by atoms with Gasteiger partial charge in [0, 0.05) is 19.6 Å². The van der Waals surface area contributed by atoms with Crippen molar-refractivity contribution in [2.45, 2.75) is 32.6 Å². The molecule has 0 aromatic carbocycles. The Morgan fingerprint density at radius 1 is 1.57 bits per heavy atom. The molecule has 1 aliphatic rings. The molecule has 1 fully saturated rings. The molecular weight excluding hydrogens is 182 g/mol. The van der Waals surface area contributed by atoms with E-state index in [4.69, 9.17) is 5.11 Å². The third-order valence-corrected chi connectivity index (χ3v) is 1.75. The first-order valence-corrected chi connectivity index (χ1v) is 4.85. The van der Waals surface area contributed by atoms with Crippen molar-refractivity contribution in [2.75, 3.05) is 13.2 Å². The van der Waals surface area contributed by atoms with Crippen LogP contribution in [0, 0.1) is 0 Å². The standard InChI is InChI=1S/C6H7NO2.C4H10O/c8-4-5-3-6(9)1-2-7-5;1-2-3-4-5/h7H,1-3H2;5H,2-4H2,1H3. The molecule has 0 bridgehead atoms. The summed E-state index contributed by atoms with van der Waals surface area (Å²) in [7, 11) is 0. The molecule has 4 nitrogen and oxygen atoms in total. The third kappa shape index (κ3) is 6.40. The fraction of sp³-hybridized carbons (Fsp3) is 0.700. The fourth-order valence-electron chi connectivity index (χ4n) is 0.931. The maximum atomic E-state index is 10.6. The number of rotatable bonds is 2. The van der Waals surface area contributed by atoms with Gasteiger partial charge in [-0.25, -0.2) is 4.79 Å². The zero-order valence-corrected chi connectivity index (χ0v) is 8.51. The highest BCUT2D eigenvalue weighted by Gasteiger charge is 2.11. The molecule has 1 heterocycles. The Labute approximate surface area is 84.0 Å². The number of carbonyl (C=O) groups is 1. The number of aliphatic hydroxyl groups excluding tert-OH is 1. The summed E-state index contributed by atoms with van der Waals surface area (Å²) in [5.74, 6) is 1.79. The molecule has 0 unspecified atom stereocenters. The lowest BCUT2D eigenvalue weighted by Gasteiger charge is -2.11. The van der Waals surface area contributed by atoms with Crippen molar-refractivity contribution in [3.05, 3.63) is 5.70 Å². The van der Waals surface area contributed by atoms with Gasteiger partial charge >= 0.3 is 0 Å². The Morgan fingerprint density at radius 2 is 2.29 bits per heavy atom. The van der Waals surface area contributed by atoms with Gasteiger partial charge in [0.1, 0.15) is 17.4 Å². The second kappa shape index (κ2) is 8.48. The number of ketones is 1. The normalized spacial score (nSPS) is 15.0. The Morgan fingerprint density at radius 3 is 2.57 bits per heavy atom. The van der Waals surface area contributed by atoms with Gasteiger partial charge in [0.25, 0.3) is 0 Å². The van der Waals surface area contributed by atoms with E-state index < -0.39 is 0 Å². The number of hydrogen-bond donors (Lipinski definition) is 2. The summed E-state index contributed by atoms with van der Waals surface area (Å²) in [5, 5.41) is 10.8. The van der Waals surface area contributed by atoms with Crippen LogP contribution in [0.1, 0.15) is 32.6 Å². The zero-order chi connectivity index (χ0) is 10.8. The van der Waals surface area contributed by atoms with Gasteiger partial charge in [-0.05, 0) is 6.42 Å². The van der Waals surface area contributed by atoms with E-state index in [1.165, 1.54) is 0 Å². The fourth-order valence-corrected chi connectivity index (χ4v) is 0.931. The van der Waals surface area contributed by atoms with Crippen LogP contribution in [0.2, 0.25) is 0 Å². The number of carbonyl (C=O) groups excluding carboxylic acids is 2. The highest BCUT2D eigenvalue weighted by molar-refractivity contribution is 5.84. The smallest absolute Gasteiger partial charge is 0.146 e. The summed E-state index contributed by atoms with van der Waals surface area (Å²) in [5.41, 5.74) is 0.395. The van der Waals surface area contributed by atoms with Crippen molar-refractivity contribution < 1.29 is 14.7 Å². The molecule has 0 spiro atoms. The van der Waals surface area contributed by atoms with E-state index in [1.807, 2.05) is 0 Å². The van der Waals surface area contributed by atoms with Crippen LogP contribution in [-0.2, 0) is 9.59 Å². The van der Waals surface area contributed by atoms with Crippen molar-refractivity contribution in [1.82, 2.24) is 5.32 Å². The van der Waals surface area contributed by atoms with Gasteiger partial charge in [-0.2, -0.15) is 0 Å². The molecule has 0 radical (unpaired) electrons. The Hall–Kier alpha value is -1.12. The molecule has 0 atom stereocenters. The zero-order valence-electron chi connectivity index (χ0n) is 8.51. The lowest BCUT2D eigenvalue weighted by molar-refractivity contribution is -0.119. The molecule has 1 aliphatic heterocycles. The number of Topliss-reactive ketones (excluding diaryl/α,β-unsaturated/α-hetero) is 1. The highest BCUT2D eigenvalue weighted by Crippen LogP contribution is 2.02. The molecule has 4 heteroatoms. The van der Waals surface area contributed by atoms with E-state index in [-0.39, 0.29) is 12.2 Å². The van der Waals surface area contributed by atoms with Crippen LogP contribution in [0.5, 0.6) is 0 Å². The summed E-state index contributed by atoms with van der Waals surface area (Å²) >= 11 is 0. The van der Waals surface area contributed by atoms with E-state index in [0.29, 0.717) is 25.3 Å². The third-order valence-electron chi connectivity index (χ3n) is 1.75. The van der Waals surface area contributed by atoms with Crippen molar-refractivity contribution in [2.24, 2.45) is 0 Å². The monoisotopic (exact) mass is 199 g/mol. The summed E-state index contributed by atoms with van der Waals surface area (Å²) in [6.07, 6.45) is 2.81. The van der Waals surface area contributed by atoms with Crippen molar-refractivity contribution >= 4 is 11.7 Å². The largest absolute Gasteiger partial charge is 0.396 e. The Kier molecular flexibility index (Phi) is 7.80. The predicted octanol–water partition coefficient (Wildman–Crippen LogP) is 0.433. The summed E-state index contributed by atoms with van der Waals surface area (Å²) in [4.78, 5) is 20.5. The SMILES string of the molecule is CCCCO.O=C=C1CC(=O)CCN1. The number of hydrogen-bond acceptors (Lipinski definition) is 4.